The maximum Gasteiger partial charge on any atom is 0.234 e. The van der Waals surface area contributed by atoms with Crippen LogP contribution in [0.1, 0.15) is 25.0 Å². The molecule has 0 saturated carbocycles. The number of benzene rings is 1. The summed E-state index contributed by atoms with van der Waals surface area (Å²) in [6, 6.07) is 8.16. The van der Waals surface area contributed by atoms with Crippen LogP contribution in [0, 0.1) is 0 Å². The lowest BCUT2D eigenvalue weighted by Gasteiger charge is -2.15. The minimum atomic E-state index is -0.477. The van der Waals surface area contributed by atoms with Crippen molar-refractivity contribution in [2.24, 2.45) is 0 Å². The zero-order valence-electron chi connectivity index (χ0n) is 13.1. The van der Waals surface area contributed by atoms with Crippen LogP contribution in [-0.2, 0) is 16.6 Å². The number of amides is 1. The molecule has 23 heavy (non-hydrogen) atoms. The van der Waals surface area contributed by atoms with Crippen molar-refractivity contribution in [1.29, 1.82) is 0 Å². The van der Waals surface area contributed by atoms with Gasteiger partial charge in [0.2, 0.25) is 5.91 Å². The molecule has 0 spiro atoms. The average Bonchev–Trinajstić information content (AvgIpc) is 2.97. The molecule has 2 aromatic rings. The molecule has 0 aliphatic carbocycles. The Morgan fingerprint density at radius 2 is 1.74 bits per heavy atom. The zero-order valence-corrected chi connectivity index (χ0v) is 13.1. The van der Waals surface area contributed by atoms with Crippen molar-refractivity contribution in [3.63, 3.8) is 0 Å². The van der Waals surface area contributed by atoms with Gasteiger partial charge in [-0.25, -0.2) is 0 Å². The van der Waals surface area contributed by atoms with E-state index in [-0.39, 0.29) is 17.5 Å². The highest BCUT2D eigenvalue weighted by atomic mass is 16.2. The van der Waals surface area contributed by atoms with Crippen molar-refractivity contribution in [2.75, 3.05) is 16.0 Å². The van der Waals surface area contributed by atoms with Gasteiger partial charge in [0.1, 0.15) is 6.17 Å². The molecule has 1 atom stereocenters. The smallest absolute Gasteiger partial charge is 0.234 e. The van der Waals surface area contributed by atoms with Gasteiger partial charge in [-0.2, -0.15) is 0 Å². The molecule has 4 rings (SSSR count). The lowest BCUT2D eigenvalue weighted by atomic mass is 9.86. The van der Waals surface area contributed by atoms with Gasteiger partial charge in [-0.3, -0.25) is 9.78 Å². The largest absolute Gasteiger partial charge is 0.412 e. The maximum atomic E-state index is 12.0. The fourth-order valence-electron chi connectivity index (χ4n) is 3.13. The van der Waals surface area contributed by atoms with Gasteiger partial charge in [0.15, 0.2) is 0 Å². The Labute approximate surface area is 134 Å². The third kappa shape index (κ3) is 2.41. The Hall–Kier alpha value is -2.60. The van der Waals surface area contributed by atoms with Gasteiger partial charge in [-0.05, 0) is 49.2 Å². The fraction of sp³-hybridized carbons (Fsp3) is 0.294. The van der Waals surface area contributed by atoms with E-state index in [2.05, 4.69) is 27.0 Å². The van der Waals surface area contributed by atoms with Gasteiger partial charge in [-0.15, -0.1) is 0 Å². The molecular formula is C17H20N4O2. The van der Waals surface area contributed by atoms with Gasteiger partial charge in [0, 0.05) is 24.5 Å². The summed E-state index contributed by atoms with van der Waals surface area (Å²) in [7, 11) is 0. The molecule has 1 aromatic carbocycles. The molecule has 0 fully saturated rings. The van der Waals surface area contributed by atoms with Gasteiger partial charge in [0.25, 0.3) is 0 Å². The number of carbonyl (C=O) groups excluding carboxylic acids is 1. The van der Waals surface area contributed by atoms with Crippen LogP contribution in [0.2, 0.25) is 0 Å². The van der Waals surface area contributed by atoms with Crippen LogP contribution in [0.3, 0.4) is 0 Å². The second kappa shape index (κ2) is 5.24. The molecule has 0 radical (unpaired) electrons. The number of aromatic nitrogens is 1. The number of anilines is 3. The van der Waals surface area contributed by atoms with Gasteiger partial charge >= 0.3 is 0 Å². The molecule has 1 aromatic heterocycles. The van der Waals surface area contributed by atoms with Gasteiger partial charge < -0.3 is 21.4 Å². The number of fused-ring (bicyclic) bond motifs is 2. The Kier molecular flexibility index (Phi) is 3.49. The highest BCUT2D eigenvalue weighted by Gasteiger charge is 2.39. The van der Waals surface area contributed by atoms with E-state index in [1.807, 2.05) is 44.4 Å². The van der Waals surface area contributed by atoms with Crippen molar-refractivity contribution < 1.29 is 10.3 Å². The third-order valence-electron chi connectivity index (χ3n) is 4.50. The lowest BCUT2D eigenvalue weighted by molar-refractivity contribution is -0.119. The van der Waals surface area contributed by atoms with Crippen LogP contribution in [0.25, 0.3) is 0 Å². The summed E-state index contributed by atoms with van der Waals surface area (Å²) in [5, 5.41) is 9.93. The molecule has 6 heteroatoms. The first-order chi connectivity index (χ1) is 10.5. The second-order valence-corrected chi connectivity index (χ2v) is 6.42. The van der Waals surface area contributed by atoms with Crippen LogP contribution < -0.4 is 16.0 Å². The van der Waals surface area contributed by atoms with Crippen LogP contribution >= 0.6 is 0 Å². The van der Waals surface area contributed by atoms with Gasteiger partial charge in [0.05, 0.1) is 16.8 Å². The summed E-state index contributed by atoms with van der Waals surface area (Å²) in [6.45, 7) is 3.91. The second-order valence-electron chi connectivity index (χ2n) is 6.42. The summed E-state index contributed by atoms with van der Waals surface area (Å²) >= 11 is 0. The lowest BCUT2D eigenvalue weighted by Crippen LogP contribution is -2.27. The molecule has 2 aliphatic heterocycles. The summed E-state index contributed by atoms with van der Waals surface area (Å²) in [5.41, 5.74) is 4.81. The van der Waals surface area contributed by atoms with Gasteiger partial charge in [-0.1, -0.05) is 0 Å². The fourth-order valence-corrected chi connectivity index (χ4v) is 3.13. The molecule has 2 aliphatic rings. The van der Waals surface area contributed by atoms with E-state index in [1.54, 1.807) is 0 Å². The number of hydrogen-bond acceptors (Lipinski definition) is 4. The molecule has 1 unspecified atom stereocenters. The molecular weight excluding hydrogens is 292 g/mol. The molecule has 0 bridgehead atoms. The Morgan fingerprint density at radius 3 is 2.43 bits per heavy atom. The van der Waals surface area contributed by atoms with Crippen LogP contribution in [0.15, 0.2) is 36.7 Å². The predicted octanol–water partition coefficient (Wildman–Crippen LogP) is 1.89. The minimum Gasteiger partial charge on any atom is -0.412 e. The van der Waals surface area contributed by atoms with E-state index >= 15 is 0 Å². The maximum absolute atomic E-state index is 12.0. The monoisotopic (exact) mass is 312 g/mol. The highest BCUT2D eigenvalue weighted by molar-refractivity contribution is 6.07. The van der Waals surface area contributed by atoms with Crippen molar-refractivity contribution >= 4 is 23.0 Å². The molecule has 5 N–H and O–H groups in total. The Morgan fingerprint density at radius 1 is 1.09 bits per heavy atom. The first kappa shape index (κ1) is 15.3. The van der Waals surface area contributed by atoms with E-state index in [0.29, 0.717) is 0 Å². The van der Waals surface area contributed by atoms with E-state index in [4.69, 9.17) is 0 Å². The Balaban J connectivity index is 0.00000156. The number of pyridine rings is 1. The van der Waals surface area contributed by atoms with E-state index < -0.39 is 5.41 Å². The topological polar surface area (TPSA) is 97.5 Å². The number of nitrogens with one attached hydrogen (secondary N) is 3. The number of carbonyl (C=O) groups is 1. The van der Waals surface area contributed by atoms with Crippen LogP contribution in [0.4, 0.5) is 17.1 Å². The molecule has 120 valence electrons. The number of rotatable bonds is 2. The van der Waals surface area contributed by atoms with E-state index in [1.165, 1.54) is 5.56 Å². The first-order valence-electron chi connectivity index (χ1n) is 7.46. The predicted molar refractivity (Wildman–Crippen MR) is 90.7 cm³/mol. The Bertz CT molecular complexity index is 759. The minimum absolute atomic E-state index is 0. The average molecular weight is 312 g/mol. The van der Waals surface area contributed by atoms with Crippen LogP contribution in [0.5, 0.6) is 0 Å². The molecule has 3 heterocycles. The SMILES string of the molecule is CC1(C)C(=O)Nc2cc3c(cc21)NC(Cc1ccncc1)N3.O. The van der Waals surface area contributed by atoms with Crippen molar-refractivity contribution in [3.8, 4) is 0 Å². The number of nitrogens with zero attached hydrogens (tertiary/aromatic N) is 1. The van der Waals surface area contributed by atoms with Crippen LogP contribution in [-0.4, -0.2) is 22.5 Å². The van der Waals surface area contributed by atoms with Crippen molar-refractivity contribution in [2.45, 2.75) is 31.8 Å². The molecule has 6 nitrogen and oxygen atoms in total. The normalized spacial score (nSPS) is 19.7. The molecule has 0 saturated heterocycles. The van der Waals surface area contributed by atoms with Crippen molar-refractivity contribution in [1.82, 2.24) is 4.98 Å². The molecule has 1 amide bonds. The van der Waals surface area contributed by atoms with E-state index in [9.17, 15) is 4.79 Å². The third-order valence-corrected chi connectivity index (χ3v) is 4.50. The summed E-state index contributed by atoms with van der Waals surface area (Å²) in [6.07, 6.45) is 4.64. The standard InChI is InChI=1S/C17H18N4O.H2O/c1-17(2)11-8-13-14(9-12(11)21-16(17)22)20-15(19-13)7-10-3-5-18-6-4-10;/h3-6,8-9,15,19-20H,7H2,1-2H3,(H,21,22);1H2. The quantitative estimate of drug-likeness (QED) is 0.789. The highest BCUT2D eigenvalue weighted by Crippen LogP contribution is 2.43. The summed E-state index contributed by atoms with van der Waals surface area (Å²) in [5.74, 6) is 0.0551. The summed E-state index contributed by atoms with van der Waals surface area (Å²) in [4.78, 5) is 16.1. The number of hydrogen-bond donors (Lipinski definition) is 3. The summed E-state index contributed by atoms with van der Waals surface area (Å²) < 4.78 is 0. The van der Waals surface area contributed by atoms with Crippen molar-refractivity contribution in [3.05, 3.63) is 47.8 Å². The first-order valence-corrected chi connectivity index (χ1v) is 7.46. The zero-order chi connectivity index (χ0) is 15.3. The van der Waals surface area contributed by atoms with E-state index in [0.717, 1.165) is 29.0 Å².